The summed E-state index contributed by atoms with van der Waals surface area (Å²) in [6, 6.07) is 8.56. The molecule has 0 fully saturated rings. The van der Waals surface area contributed by atoms with Gasteiger partial charge in [0.05, 0.1) is 5.69 Å². The Labute approximate surface area is 101 Å². The summed E-state index contributed by atoms with van der Waals surface area (Å²) in [5.74, 6) is 0. The van der Waals surface area contributed by atoms with Crippen LogP contribution in [0.4, 0.5) is 5.69 Å². The van der Waals surface area contributed by atoms with E-state index in [1.807, 2.05) is 23.5 Å². The van der Waals surface area contributed by atoms with Crippen molar-refractivity contribution in [2.45, 2.75) is 7.11 Å². The number of hydrogen-bond donors (Lipinski definition) is 0. The highest BCUT2D eigenvalue weighted by atomic mass is 127. The van der Waals surface area contributed by atoms with E-state index in [1.165, 1.54) is 10.6 Å². The number of para-hydroxylation sites is 1. The van der Waals surface area contributed by atoms with Crippen LogP contribution in [0, 0.1) is 0 Å². The molecule has 1 unspecified atom stereocenters. The fourth-order valence-electron chi connectivity index (χ4n) is 1.35. The third-order valence-electron chi connectivity index (χ3n) is 2.11. The SMILES string of the molecule is CSC1(I)Sc2ccccc2N1C. The largest absolute Gasteiger partial charge is 0.342 e. The fraction of sp³-hybridized carbons (Fsp3) is 0.333. The zero-order chi connectivity index (χ0) is 9.47. The minimum atomic E-state index is 0.140. The maximum Gasteiger partial charge on any atom is 0.189 e. The smallest absolute Gasteiger partial charge is 0.189 e. The van der Waals surface area contributed by atoms with E-state index in [0.29, 0.717) is 0 Å². The second-order valence-corrected chi connectivity index (χ2v) is 8.36. The van der Waals surface area contributed by atoms with Crippen molar-refractivity contribution in [1.82, 2.24) is 0 Å². The zero-order valence-electron chi connectivity index (χ0n) is 7.45. The highest BCUT2D eigenvalue weighted by Gasteiger charge is 2.39. The predicted octanol–water partition coefficient (Wildman–Crippen LogP) is 3.64. The van der Waals surface area contributed by atoms with Gasteiger partial charge in [0, 0.05) is 11.9 Å². The van der Waals surface area contributed by atoms with Gasteiger partial charge in [-0.3, -0.25) is 0 Å². The van der Waals surface area contributed by atoms with Crippen molar-refractivity contribution in [1.29, 1.82) is 0 Å². The van der Waals surface area contributed by atoms with Gasteiger partial charge in [-0.15, -0.1) is 11.8 Å². The average molecular weight is 323 g/mol. The van der Waals surface area contributed by atoms with Crippen molar-refractivity contribution in [3.63, 3.8) is 0 Å². The van der Waals surface area contributed by atoms with Gasteiger partial charge < -0.3 is 4.90 Å². The Bertz CT molecular complexity index is 331. The first-order valence-electron chi connectivity index (χ1n) is 3.93. The lowest BCUT2D eigenvalue weighted by atomic mass is 10.3. The first-order chi connectivity index (χ1) is 6.17. The van der Waals surface area contributed by atoms with Crippen molar-refractivity contribution in [3.05, 3.63) is 24.3 Å². The molecule has 13 heavy (non-hydrogen) atoms. The molecule has 1 aromatic rings. The monoisotopic (exact) mass is 323 g/mol. The molecule has 1 aliphatic rings. The topological polar surface area (TPSA) is 3.24 Å². The Morgan fingerprint density at radius 2 is 2.15 bits per heavy atom. The molecule has 1 nitrogen and oxygen atoms in total. The first-order valence-corrected chi connectivity index (χ1v) is 7.05. The van der Waals surface area contributed by atoms with Crippen molar-refractivity contribution >= 4 is 51.8 Å². The van der Waals surface area contributed by atoms with Gasteiger partial charge in [0.2, 0.25) is 0 Å². The van der Waals surface area contributed by atoms with E-state index in [2.05, 4.69) is 65.1 Å². The van der Waals surface area contributed by atoms with Crippen LogP contribution >= 0.6 is 46.1 Å². The van der Waals surface area contributed by atoms with Gasteiger partial charge in [0.1, 0.15) is 0 Å². The summed E-state index contributed by atoms with van der Waals surface area (Å²) in [7, 11) is 2.15. The van der Waals surface area contributed by atoms with E-state index < -0.39 is 0 Å². The molecule has 1 aromatic carbocycles. The number of halogens is 1. The van der Waals surface area contributed by atoms with Crippen LogP contribution < -0.4 is 4.90 Å². The summed E-state index contributed by atoms with van der Waals surface area (Å²) in [6.07, 6.45) is 2.15. The zero-order valence-corrected chi connectivity index (χ0v) is 11.2. The molecule has 0 saturated carbocycles. The normalized spacial score (nSPS) is 26.2. The molecule has 0 saturated heterocycles. The molecule has 0 amide bonds. The fourth-order valence-corrected chi connectivity index (χ4v) is 4.26. The second kappa shape index (κ2) is 3.55. The van der Waals surface area contributed by atoms with E-state index in [4.69, 9.17) is 0 Å². The summed E-state index contributed by atoms with van der Waals surface area (Å²) in [5.41, 5.74) is 1.34. The van der Waals surface area contributed by atoms with E-state index >= 15 is 0 Å². The van der Waals surface area contributed by atoms with E-state index in [-0.39, 0.29) is 2.21 Å². The number of rotatable bonds is 1. The molecule has 1 heterocycles. The average Bonchev–Trinajstić information content (AvgIpc) is 2.41. The van der Waals surface area contributed by atoms with Gasteiger partial charge in [-0.1, -0.05) is 23.9 Å². The van der Waals surface area contributed by atoms with E-state index in [1.54, 1.807) is 0 Å². The van der Waals surface area contributed by atoms with Crippen LogP contribution in [-0.4, -0.2) is 15.5 Å². The van der Waals surface area contributed by atoms with Gasteiger partial charge in [0.15, 0.2) is 2.21 Å². The second-order valence-electron chi connectivity index (χ2n) is 2.84. The highest BCUT2D eigenvalue weighted by molar-refractivity contribution is 14.1. The van der Waals surface area contributed by atoms with Crippen LogP contribution in [0.2, 0.25) is 0 Å². The summed E-state index contributed by atoms with van der Waals surface area (Å²) in [6.45, 7) is 0. The summed E-state index contributed by atoms with van der Waals surface area (Å²) < 4.78 is 0.140. The van der Waals surface area contributed by atoms with E-state index in [9.17, 15) is 0 Å². The molecule has 1 aliphatic heterocycles. The van der Waals surface area contributed by atoms with Crippen LogP contribution in [0.1, 0.15) is 0 Å². The number of anilines is 1. The van der Waals surface area contributed by atoms with Gasteiger partial charge in [0.25, 0.3) is 0 Å². The Kier molecular flexibility index (Phi) is 2.72. The molecular formula is C9H10INS2. The molecule has 0 aliphatic carbocycles. The molecule has 0 spiro atoms. The van der Waals surface area contributed by atoms with Crippen LogP contribution in [0.3, 0.4) is 0 Å². The highest BCUT2D eigenvalue weighted by Crippen LogP contribution is 2.57. The minimum Gasteiger partial charge on any atom is -0.342 e. The van der Waals surface area contributed by atoms with Gasteiger partial charge >= 0.3 is 0 Å². The molecule has 70 valence electrons. The maximum atomic E-state index is 2.50. The van der Waals surface area contributed by atoms with Gasteiger partial charge in [-0.05, 0) is 41.0 Å². The molecule has 0 N–H and O–H groups in total. The number of hydrogen-bond acceptors (Lipinski definition) is 3. The number of fused-ring (bicyclic) bond motifs is 1. The molecule has 0 aromatic heterocycles. The quantitative estimate of drug-likeness (QED) is 0.441. The third kappa shape index (κ3) is 1.57. The minimum absolute atomic E-state index is 0.140. The molecular weight excluding hydrogens is 313 g/mol. The van der Waals surface area contributed by atoms with Crippen molar-refractivity contribution < 1.29 is 0 Å². The van der Waals surface area contributed by atoms with Crippen molar-refractivity contribution in [2.24, 2.45) is 0 Å². The summed E-state index contributed by atoms with van der Waals surface area (Å²) >= 11 is 6.30. The van der Waals surface area contributed by atoms with Crippen molar-refractivity contribution in [2.75, 3.05) is 18.2 Å². The van der Waals surface area contributed by atoms with Crippen LogP contribution in [-0.2, 0) is 0 Å². The van der Waals surface area contributed by atoms with Crippen LogP contribution in [0.25, 0.3) is 0 Å². The Morgan fingerprint density at radius 1 is 1.46 bits per heavy atom. The Balaban J connectivity index is 2.43. The Hall–Kier alpha value is 0.450. The van der Waals surface area contributed by atoms with Crippen molar-refractivity contribution in [3.8, 4) is 0 Å². The predicted molar refractivity (Wildman–Crippen MR) is 71.0 cm³/mol. The van der Waals surface area contributed by atoms with Crippen LogP contribution in [0.15, 0.2) is 29.2 Å². The van der Waals surface area contributed by atoms with Gasteiger partial charge in [-0.25, -0.2) is 0 Å². The molecule has 2 rings (SSSR count). The number of nitrogens with zero attached hydrogens (tertiary/aromatic N) is 1. The number of benzene rings is 1. The lowest BCUT2D eigenvalue weighted by Crippen LogP contribution is -2.30. The Morgan fingerprint density at radius 3 is 2.77 bits per heavy atom. The maximum absolute atomic E-state index is 2.50. The van der Waals surface area contributed by atoms with Crippen LogP contribution in [0.5, 0.6) is 0 Å². The molecule has 4 heteroatoms. The summed E-state index contributed by atoms with van der Waals surface area (Å²) in [5, 5.41) is 0. The molecule has 0 bridgehead atoms. The third-order valence-corrected chi connectivity index (χ3v) is 7.44. The first kappa shape index (κ1) is 9.98. The number of thioether (sulfide) groups is 2. The number of alkyl halides is 1. The van der Waals surface area contributed by atoms with Gasteiger partial charge in [-0.2, -0.15) is 0 Å². The standard InChI is InChI=1S/C9H10INS2/c1-11-7-5-3-4-6-8(7)13-9(11,10)12-2/h3-6H,1-2H3. The van der Waals surface area contributed by atoms with E-state index in [0.717, 1.165) is 0 Å². The lowest BCUT2D eigenvalue weighted by molar-refractivity contribution is 1.04. The summed E-state index contributed by atoms with van der Waals surface area (Å²) in [4.78, 5) is 3.71. The molecule has 1 atom stereocenters. The molecule has 0 radical (unpaired) electrons. The lowest BCUT2D eigenvalue weighted by Gasteiger charge is -2.28.